The Balaban J connectivity index is 0.000000605. The van der Waals surface area contributed by atoms with Crippen LogP contribution in [0.1, 0.15) is 5.56 Å². The molecule has 0 spiro atoms. The standard InChI is InChI=1S/C8H7NO.2H3N/c1-2-4-8-7(3-1)5-6-9-10-8;;/h1-6,9H;2*1H3. The van der Waals surface area contributed by atoms with E-state index in [1.165, 1.54) is 0 Å². The van der Waals surface area contributed by atoms with Crippen molar-refractivity contribution in [3.8, 4) is 5.75 Å². The number of rotatable bonds is 0. The molecule has 0 atom stereocenters. The Labute approximate surface area is 71.4 Å². The number of fused-ring (bicyclic) bond motifs is 1. The largest absolute Gasteiger partial charge is 0.382 e. The van der Waals surface area contributed by atoms with Crippen LogP contribution in [0.5, 0.6) is 5.75 Å². The van der Waals surface area contributed by atoms with Crippen LogP contribution in [-0.2, 0) is 0 Å². The first-order valence-electron chi connectivity index (χ1n) is 3.15. The monoisotopic (exact) mass is 167 g/mol. The van der Waals surface area contributed by atoms with Crippen molar-refractivity contribution < 1.29 is 4.84 Å². The summed E-state index contributed by atoms with van der Waals surface area (Å²) < 4.78 is 0. The summed E-state index contributed by atoms with van der Waals surface area (Å²) in [5, 5.41) is 0. The Bertz CT molecular complexity index is 273. The van der Waals surface area contributed by atoms with Crippen molar-refractivity contribution in [2.24, 2.45) is 0 Å². The molecule has 4 heteroatoms. The van der Waals surface area contributed by atoms with Crippen LogP contribution < -0.4 is 22.6 Å². The minimum atomic E-state index is 0. The van der Waals surface area contributed by atoms with Gasteiger partial charge in [-0.05, 0) is 12.1 Å². The normalized spacial score (nSPS) is 11.0. The number of nitrogens with one attached hydrogen (secondary N) is 1. The number of benzene rings is 1. The highest BCUT2D eigenvalue weighted by molar-refractivity contribution is 5.57. The lowest BCUT2D eigenvalue weighted by molar-refractivity contribution is 0.239. The van der Waals surface area contributed by atoms with Crippen molar-refractivity contribution in [2.45, 2.75) is 0 Å². The van der Waals surface area contributed by atoms with Crippen LogP contribution in [0.3, 0.4) is 0 Å². The molecule has 0 fully saturated rings. The van der Waals surface area contributed by atoms with Crippen molar-refractivity contribution in [1.29, 1.82) is 0 Å². The Morgan fingerprint density at radius 3 is 2.58 bits per heavy atom. The van der Waals surface area contributed by atoms with Gasteiger partial charge in [0.05, 0.1) is 0 Å². The first-order valence-corrected chi connectivity index (χ1v) is 3.15. The molecule has 0 radical (unpaired) electrons. The summed E-state index contributed by atoms with van der Waals surface area (Å²) in [6.07, 6.45) is 3.74. The SMILES string of the molecule is C1=Cc2ccccc2ON1.N.N. The average Bonchev–Trinajstić information content (AvgIpc) is 2.05. The van der Waals surface area contributed by atoms with Crippen molar-refractivity contribution in [2.75, 3.05) is 0 Å². The number of para-hydroxylation sites is 1. The zero-order valence-corrected chi connectivity index (χ0v) is 6.79. The summed E-state index contributed by atoms with van der Waals surface area (Å²) >= 11 is 0. The molecule has 12 heavy (non-hydrogen) atoms. The summed E-state index contributed by atoms with van der Waals surface area (Å²) in [6.45, 7) is 0. The second-order valence-electron chi connectivity index (χ2n) is 2.09. The number of hydrogen-bond donors (Lipinski definition) is 3. The number of hydroxylamine groups is 1. The molecule has 7 N–H and O–H groups in total. The molecule has 0 aromatic heterocycles. The smallest absolute Gasteiger partial charge is 0.162 e. The van der Waals surface area contributed by atoms with Crippen molar-refractivity contribution in [3.05, 3.63) is 36.0 Å². The van der Waals surface area contributed by atoms with Crippen molar-refractivity contribution in [1.82, 2.24) is 17.8 Å². The molecular weight excluding hydrogens is 154 g/mol. The Morgan fingerprint density at radius 2 is 1.83 bits per heavy atom. The predicted molar refractivity (Wildman–Crippen MR) is 49.3 cm³/mol. The molecule has 1 aliphatic rings. The fraction of sp³-hybridized carbons (Fsp3) is 0. The molecule has 4 nitrogen and oxygen atoms in total. The summed E-state index contributed by atoms with van der Waals surface area (Å²) in [6, 6.07) is 7.86. The van der Waals surface area contributed by atoms with E-state index in [1.807, 2.05) is 30.3 Å². The van der Waals surface area contributed by atoms with Gasteiger partial charge in [-0.2, -0.15) is 0 Å². The lowest BCUT2D eigenvalue weighted by Crippen LogP contribution is -2.13. The van der Waals surface area contributed by atoms with Crippen LogP contribution in [0.4, 0.5) is 0 Å². The molecule has 1 aliphatic heterocycles. The topological polar surface area (TPSA) is 91.3 Å². The second-order valence-corrected chi connectivity index (χ2v) is 2.09. The van der Waals surface area contributed by atoms with Gasteiger partial charge < -0.3 is 17.1 Å². The second kappa shape index (κ2) is 4.38. The lowest BCUT2D eigenvalue weighted by atomic mass is 10.2. The van der Waals surface area contributed by atoms with Gasteiger partial charge in [0.1, 0.15) is 0 Å². The molecule has 2 rings (SSSR count). The van der Waals surface area contributed by atoms with Gasteiger partial charge in [-0.1, -0.05) is 18.2 Å². The van der Waals surface area contributed by atoms with Crippen LogP contribution in [0.2, 0.25) is 0 Å². The molecule has 0 saturated carbocycles. The van der Waals surface area contributed by atoms with Gasteiger partial charge in [-0.15, -0.1) is 0 Å². The van der Waals surface area contributed by atoms with Gasteiger partial charge in [-0.3, -0.25) is 0 Å². The highest BCUT2D eigenvalue weighted by Gasteiger charge is 2.01. The molecule has 0 amide bonds. The van der Waals surface area contributed by atoms with E-state index in [-0.39, 0.29) is 12.3 Å². The molecule has 66 valence electrons. The fourth-order valence-corrected chi connectivity index (χ4v) is 0.932. The highest BCUT2D eigenvalue weighted by atomic mass is 16.6. The van der Waals surface area contributed by atoms with Gasteiger partial charge in [0, 0.05) is 11.8 Å². The average molecular weight is 167 g/mol. The van der Waals surface area contributed by atoms with Gasteiger partial charge in [-0.25, -0.2) is 5.48 Å². The van der Waals surface area contributed by atoms with Gasteiger partial charge in [0.15, 0.2) is 5.75 Å². The Hall–Kier alpha value is -1.52. The fourth-order valence-electron chi connectivity index (χ4n) is 0.932. The Kier molecular flexibility index (Phi) is 3.82. The third-order valence-electron chi connectivity index (χ3n) is 1.42. The molecule has 1 aromatic carbocycles. The number of hydrogen-bond acceptors (Lipinski definition) is 4. The maximum atomic E-state index is 5.09. The van der Waals surface area contributed by atoms with Crippen LogP contribution in [-0.4, -0.2) is 0 Å². The van der Waals surface area contributed by atoms with E-state index in [0.29, 0.717) is 0 Å². The molecular formula is C8H13N3O. The van der Waals surface area contributed by atoms with Crippen molar-refractivity contribution >= 4 is 6.08 Å². The van der Waals surface area contributed by atoms with E-state index in [1.54, 1.807) is 6.20 Å². The van der Waals surface area contributed by atoms with Gasteiger partial charge in [0.25, 0.3) is 0 Å². The van der Waals surface area contributed by atoms with Crippen LogP contribution in [0.25, 0.3) is 6.08 Å². The van der Waals surface area contributed by atoms with Crippen LogP contribution >= 0.6 is 0 Å². The summed E-state index contributed by atoms with van der Waals surface area (Å²) in [7, 11) is 0. The first-order chi connectivity index (χ1) is 4.97. The minimum absolute atomic E-state index is 0. The third-order valence-corrected chi connectivity index (χ3v) is 1.42. The van der Waals surface area contributed by atoms with E-state index in [0.717, 1.165) is 11.3 Å². The first kappa shape index (κ1) is 10.5. The third kappa shape index (κ3) is 1.75. The van der Waals surface area contributed by atoms with E-state index in [4.69, 9.17) is 4.84 Å². The summed E-state index contributed by atoms with van der Waals surface area (Å²) in [5.74, 6) is 0.880. The summed E-state index contributed by atoms with van der Waals surface area (Å²) in [5.41, 5.74) is 3.77. The summed E-state index contributed by atoms with van der Waals surface area (Å²) in [4.78, 5) is 5.09. The van der Waals surface area contributed by atoms with Crippen LogP contribution in [0.15, 0.2) is 30.5 Å². The zero-order chi connectivity index (χ0) is 6.81. The van der Waals surface area contributed by atoms with E-state index in [9.17, 15) is 0 Å². The van der Waals surface area contributed by atoms with Gasteiger partial charge >= 0.3 is 0 Å². The molecule has 0 saturated heterocycles. The lowest BCUT2D eigenvalue weighted by Gasteiger charge is -2.11. The molecule has 0 bridgehead atoms. The maximum Gasteiger partial charge on any atom is 0.162 e. The van der Waals surface area contributed by atoms with Gasteiger partial charge in [0.2, 0.25) is 0 Å². The van der Waals surface area contributed by atoms with E-state index >= 15 is 0 Å². The molecule has 0 aliphatic carbocycles. The molecule has 1 aromatic rings. The van der Waals surface area contributed by atoms with E-state index in [2.05, 4.69) is 5.48 Å². The predicted octanol–water partition coefficient (Wildman–Crippen LogP) is 1.88. The Morgan fingerprint density at radius 1 is 1.08 bits per heavy atom. The van der Waals surface area contributed by atoms with Crippen LogP contribution in [0, 0.1) is 0 Å². The van der Waals surface area contributed by atoms with E-state index < -0.39 is 0 Å². The molecule has 1 heterocycles. The maximum absolute atomic E-state index is 5.09. The quantitative estimate of drug-likeness (QED) is 0.550. The zero-order valence-electron chi connectivity index (χ0n) is 6.79. The van der Waals surface area contributed by atoms with Crippen molar-refractivity contribution in [3.63, 3.8) is 0 Å². The molecule has 0 unspecified atom stereocenters. The highest BCUT2D eigenvalue weighted by Crippen LogP contribution is 2.20. The minimum Gasteiger partial charge on any atom is -0.382 e.